The minimum Gasteiger partial charge on any atom is -0.508 e. The van der Waals surface area contributed by atoms with Gasteiger partial charge in [-0.1, -0.05) is 12.1 Å². The zero-order chi connectivity index (χ0) is 16.6. The fraction of sp³-hybridized carbons (Fsp3) is 0.294. The van der Waals surface area contributed by atoms with Crippen molar-refractivity contribution in [2.45, 2.75) is 32.9 Å². The van der Waals surface area contributed by atoms with E-state index in [0.717, 1.165) is 28.4 Å². The normalized spacial score (nSPS) is 13.9. The summed E-state index contributed by atoms with van der Waals surface area (Å²) < 4.78 is 1.74. The van der Waals surface area contributed by atoms with Crippen LogP contribution in [0.5, 0.6) is 5.75 Å². The van der Waals surface area contributed by atoms with Crippen molar-refractivity contribution < 1.29 is 10.2 Å². The van der Waals surface area contributed by atoms with Crippen LogP contribution >= 0.6 is 0 Å². The Bertz CT molecular complexity index is 826. The van der Waals surface area contributed by atoms with Gasteiger partial charge < -0.3 is 15.5 Å². The number of hydrogen-bond acceptors (Lipinski definition) is 5. The first-order valence-corrected chi connectivity index (χ1v) is 7.51. The molecule has 0 amide bonds. The highest BCUT2D eigenvalue weighted by atomic mass is 16.3. The molecule has 6 heteroatoms. The van der Waals surface area contributed by atoms with Gasteiger partial charge in [-0.15, -0.1) is 0 Å². The van der Waals surface area contributed by atoms with Gasteiger partial charge in [-0.3, -0.25) is 0 Å². The van der Waals surface area contributed by atoms with E-state index in [1.165, 1.54) is 0 Å². The second kappa shape index (κ2) is 5.89. The summed E-state index contributed by atoms with van der Waals surface area (Å²) in [6.07, 6.45) is -0.712. The molecule has 0 bridgehead atoms. The Morgan fingerprint density at radius 2 is 1.78 bits per heavy atom. The molecule has 2 unspecified atom stereocenters. The number of rotatable bonds is 4. The van der Waals surface area contributed by atoms with Crippen LogP contribution in [0.2, 0.25) is 0 Å². The molecule has 3 aromatic rings. The fourth-order valence-corrected chi connectivity index (χ4v) is 2.59. The Kier molecular flexibility index (Phi) is 3.92. The highest BCUT2D eigenvalue weighted by molar-refractivity contribution is 5.51. The van der Waals surface area contributed by atoms with Crippen molar-refractivity contribution in [1.82, 2.24) is 14.6 Å². The summed E-state index contributed by atoms with van der Waals surface area (Å²) in [5, 5.41) is 27.6. The lowest BCUT2D eigenvalue weighted by Crippen LogP contribution is -2.25. The Morgan fingerprint density at radius 3 is 2.48 bits per heavy atom. The molecule has 0 spiro atoms. The predicted molar refractivity (Wildman–Crippen MR) is 88.6 cm³/mol. The molecule has 6 nitrogen and oxygen atoms in total. The molecule has 2 heterocycles. The molecule has 23 heavy (non-hydrogen) atoms. The predicted octanol–water partition coefficient (Wildman–Crippen LogP) is 2.59. The van der Waals surface area contributed by atoms with E-state index in [-0.39, 0.29) is 11.8 Å². The number of anilines is 1. The molecule has 0 aliphatic carbocycles. The van der Waals surface area contributed by atoms with Crippen LogP contribution in [0.4, 0.5) is 5.82 Å². The summed E-state index contributed by atoms with van der Waals surface area (Å²) >= 11 is 0. The molecule has 0 aliphatic rings. The number of aromatic nitrogens is 3. The number of aliphatic hydroxyl groups is 1. The largest absolute Gasteiger partial charge is 0.508 e. The Balaban J connectivity index is 1.87. The third-order valence-electron chi connectivity index (χ3n) is 3.76. The summed E-state index contributed by atoms with van der Waals surface area (Å²) in [7, 11) is 0. The number of aryl methyl sites for hydroxylation is 2. The molecule has 1 aromatic carbocycles. The van der Waals surface area contributed by atoms with Gasteiger partial charge in [0.25, 0.3) is 0 Å². The lowest BCUT2D eigenvalue weighted by molar-refractivity contribution is 0.160. The number of phenolic OH excluding ortho intramolecular Hbond substituents is 1. The second-order valence-electron chi connectivity index (χ2n) is 5.81. The third-order valence-corrected chi connectivity index (χ3v) is 3.76. The van der Waals surface area contributed by atoms with Gasteiger partial charge in [-0.05, 0) is 38.5 Å². The van der Waals surface area contributed by atoms with Crippen molar-refractivity contribution in [1.29, 1.82) is 0 Å². The van der Waals surface area contributed by atoms with Gasteiger partial charge >= 0.3 is 0 Å². The average molecular weight is 312 g/mol. The van der Waals surface area contributed by atoms with Gasteiger partial charge in [0.1, 0.15) is 11.6 Å². The van der Waals surface area contributed by atoms with E-state index in [1.807, 2.05) is 32.9 Å². The number of nitrogens with one attached hydrogen (secondary N) is 1. The van der Waals surface area contributed by atoms with Gasteiger partial charge in [0.05, 0.1) is 17.8 Å². The summed E-state index contributed by atoms with van der Waals surface area (Å²) in [4.78, 5) is 4.45. The quantitative estimate of drug-likeness (QED) is 0.690. The molecule has 2 atom stereocenters. The van der Waals surface area contributed by atoms with Gasteiger partial charge in [-0.2, -0.15) is 9.61 Å². The number of fused-ring (bicyclic) bond motifs is 1. The second-order valence-corrected chi connectivity index (χ2v) is 5.81. The summed E-state index contributed by atoms with van der Waals surface area (Å²) in [6, 6.07) is 10.1. The van der Waals surface area contributed by atoms with Gasteiger partial charge in [-0.25, -0.2) is 4.98 Å². The lowest BCUT2D eigenvalue weighted by atomic mass is 10.0. The first-order valence-electron chi connectivity index (χ1n) is 7.51. The smallest absolute Gasteiger partial charge is 0.157 e. The molecular weight excluding hydrogens is 292 g/mol. The van der Waals surface area contributed by atoms with Crippen LogP contribution in [0.3, 0.4) is 0 Å². The highest BCUT2D eigenvalue weighted by Crippen LogP contribution is 2.23. The number of hydrogen-bond donors (Lipinski definition) is 3. The van der Waals surface area contributed by atoms with E-state index in [2.05, 4.69) is 15.4 Å². The third kappa shape index (κ3) is 3.12. The Morgan fingerprint density at radius 1 is 1.09 bits per heavy atom. The molecule has 0 aliphatic heterocycles. The van der Waals surface area contributed by atoms with E-state index in [4.69, 9.17) is 0 Å². The average Bonchev–Trinajstić information content (AvgIpc) is 2.87. The summed E-state index contributed by atoms with van der Waals surface area (Å²) in [6.45, 7) is 5.74. The Hall–Kier alpha value is -2.60. The van der Waals surface area contributed by atoms with E-state index in [0.29, 0.717) is 0 Å². The minimum atomic E-state index is -0.712. The maximum atomic E-state index is 10.5. The summed E-state index contributed by atoms with van der Waals surface area (Å²) in [5.41, 5.74) is 3.28. The monoisotopic (exact) mass is 312 g/mol. The van der Waals surface area contributed by atoms with Crippen molar-refractivity contribution in [3.8, 4) is 5.75 Å². The van der Waals surface area contributed by atoms with Gasteiger partial charge in [0.2, 0.25) is 0 Å². The topological polar surface area (TPSA) is 82.7 Å². The number of benzene rings is 1. The van der Waals surface area contributed by atoms with Crippen molar-refractivity contribution >= 4 is 11.5 Å². The first-order chi connectivity index (χ1) is 10.9. The highest BCUT2D eigenvalue weighted by Gasteiger charge is 2.18. The molecule has 2 aromatic heterocycles. The van der Waals surface area contributed by atoms with Crippen molar-refractivity contribution in [3.63, 3.8) is 0 Å². The van der Waals surface area contributed by atoms with E-state index in [9.17, 15) is 10.2 Å². The van der Waals surface area contributed by atoms with Crippen LogP contribution < -0.4 is 5.32 Å². The van der Waals surface area contributed by atoms with Crippen LogP contribution in [0.1, 0.15) is 30.0 Å². The molecular formula is C17H20N4O2. The van der Waals surface area contributed by atoms with E-state index < -0.39 is 6.10 Å². The standard InChI is InChI=1S/C17H20N4O2/c1-10-8-16(21-15(18-10)9-11(2)20-21)19-12(3)17(23)13-4-6-14(22)7-5-13/h4-9,12,17,19,22-23H,1-3H3. The SMILES string of the molecule is Cc1cc(NC(C)C(O)c2ccc(O)cc2)n2nc(C)cc2n1. The zero-order valence-corrected chi connectivity index (χ0v) is 13.4. The Labute approximate surface area is 134 Å². The fourth-order valence-electron chi connectivity index (χ4n) is 2.59. The number of phenols is 1. The molecule has 0 saturated carbocycles. The number of aliphatic hydroxyl groups excluding tert-OH is 1. The molecule has 0 fully saturated rings. The molecule has 3 N–H and O–H groups in total. The van der Waals surface area contributed by atoms with Gasteiger partial charge in [0.15, 0.2) is 5.65 Å². The number of aromatic hydroxyl groups is 1. The van der Waals surface area contributed by atoms with E-state index >= 15 is 0 Å². The molecule has 0 radical (unpaired) electrons. The number of nitrogens with zero attached hydrogens (tertiary/aromatic N) is 3. The van der Waals surface area contributed by atoms with Crippen molar-refractivity contribution in [3.05, 3.63) is 53.3 Å². The van der Waals surface area contributed by atoms with Gasteiger partial charge in [0, 0.05) is 17.8 Å². The van der Waals surface area contributed by atoms with Crippen LogP contribution in [-0.2, 0) is 0 Å². The van der Waals surface area contributed by atoms with Crippen molar-refractivity contribution in [2.75, 3.05) is 5.32 Å². The lowest BCUT2D eigenvalue weighted by Gasteiger charge is -2.22. The van der Waals surface area contributed by atoms with Crippen LogP contribution in [0.25, 0.3) is 5.65 Å². The van der Waals surface area contributed by atoms with Crippen LogP contribution in [-0.4, -0.2) is 30.9 Å². The van der Waals surface area contributed by atoms with Crippen LogP contribution in [0.15, 0.2) is 36.4 Å². The van der Waals surface area contributed by atoms with Crippen LogP contribution in [0, 0.1) is 13.8 Å². The summed E-state index contributed by atoms with van der Waals surface area (Å²) in [5.74, 6) is 0.964. The molecule has 3 rings (SSSR count). The zero-order valence-electron chi connectivity index (χ0n) is 13.4. The van der Waals surface area contributed by atoms with E-state index in [1.54, 1.807) is 28.8 Å². The van der Waals surface area contributed by atoms with Crippen molar-refractivity contribution in [2.24, 2.45) is 0 Å². The minimum absolute atomic E-state index is 0.181. The maximum absolute atomic E-state index is 10.5. The maximum Gasteiger partial charge on any atom is 0.157 e. The molecule has 0 saturated heterocycles. The molecule has 120 valence electrons. The first kappa shape index (κ1) is 15.3.